The summed E-state index contributed by atoms with van der Waals surface area (Å²) in [5.74, 6) is 0.378. The van der Waals surface area contributed by atoms with E-state index in [1.165, 1.54) is 0 Å². The highest BCUT2D eigenvalue weighted by atomic mass is 32.2. The number of sulfonamides is 1. The van der Waals surface area contributed by atoms with E-state index >= 15 is 0 Å². The van der Waals surface area contributed by atoms with Gasteiger partial charge >= 0.3 is 0 Å². The molecule has 0 fully saturated rings. The number of nitrogens with zero attached hydrogens (tertiary/aromatic N) is 3. The van der Waals surface area contributed by atoms with Gasteiger partial charge < -0.3 is 15.1 Å². The lowest BCUT2D eigenvalue weighted by molar-refractivity contribution is 0.567. The minimum absolute atomic E-state index is 0.121. The summed E-state index contributed by atoms with van der Waals surface area (Å²) in [5.41, 5.74) is 8.97. The number of benzene rings is 1. The topological polar surface area (TPSA) is 114 Å². The summed E-state index contributed by atoms with van der Waals surface area (Å²) < 4.78 is 32.5. The number of nitrogens with one attached hydrogen (secondary N) is 1. The Bertz CT molecular complexity index is 1060. The van der Waals surface area contributed by atoms with E-state index < -0.39 is 16.2 Å². The first-order chi connectivity index (χ1) is 13.0. The molecule has 3 N–H and O–H groups in total. The van der Waals surface area contributed by atoms with Gasteiger partial charge in [-0.1, -0.05) is 0 Å². The van der Waals surface area contributed by atoms with Crippen LogP contribution >= 0.6 is 0 Å². The zero-order valence-corrected chi connectivity index (χ0v) is 15.0. The fourth-order valence-corrected chi connectivity index (χ4v) is 4.02. The Morgan fingerprint density at radius 2 is 1.85 bits per heavy atom. The average Bonchev–Trinajstić information content (AvgIpc) is 3.13. The molecule has 1 atom stereocenters. The van der Waals surface area contributed by atoms with Crippen LogP contribution in [0.2, 0.25) is 0 Å². The van der Waals surface area contributed by atoms with Crippen molar-refractivity contribution in [3.63, 3.8) is 0 Å². The lowest BCUT2D eigenvalue weighted by atomic mass is 10.2. The summed E-state index contributed by atoms with van der Waals surface area (Å²) in [6.45, 7) is 0. The number of aliphatic imine (C=N–C) groups is 1. The Kier molecular flexibility index (Phi) is 4.38. The van der Waals surface area contributed by atoms with E-state index in [0.717, 1.165) is 11.3 Å². The van der Waals surface area contributed by atoms with Gasteiger partial charge in [0.25, 0.3) is 0 Å². The Balaban J connectivity index is 1.48. The third-order valence-electron chi connectivity index (χ3n) is 4.14. The van der Waals surface area contributed by atoms with Gasteiger partial charge in [0.05, 0.1) is 17.6 Å². The van der Waals surface area contributed by atoms with Gasteiger partial charge in [0.2, 0.25) is 15.9 Å². The predicted octanol–water partition coefficient (Wildman–Crippen LogP) is 2.75. The lowest BCUT2D eigenvalue weighted by Gasteiger charge is -2.29. The Morgan fingerprint density at radius 3 is 2.59 bits per heavy atom. The molecule has 1 unspecified atom stereocenters. The molecule has 138 valence electrons. The van der Waals surface area contributed by atoms with E-state index in [-0.39, 0.29) is 5.75 Å². The maximum atomic E-state index is 12.3. The fourth-order valence-electron chi connectivity index (χ4n) is 2.82. The first-order valence-electron chi connectivity index (χ1n) is 8.17. The van der Waals surface area contributed by atoms with Crippen molar-refractivity contribution in [2.24, 2.45) is 10.7 Å². The second kappa shape index (κ2) is 6.86. The first kappa shape index (κ1) is 17.3. The van der Waals surface area contributed by atoms with Crippen LogP contribution in [-0.4, -0.2) is 19.7 Å². The van der Waals surface area contributed by atoms with Crippen molar-refractivity contribution in [1.29, 1.82) is 0 Å². The highest BCUT2D eigenvalue weighted by Gasteiger charge is 2.24. The first-order valence-corrected chi connectivity index (χ1v) is 9.82. The van der Waals surface area contributed by atoms with Gasteiger partial charge in [-0.3, -0.25) is 9.71 Å². The van der Waals surface area contributed by atoms with Gasteiger partial charge in [0.1, 0.15) is 12.5 Å². The summed E-state index contributed by atoms with van der Waals surface area (Å²) in [7, 11) is -3.52. The molecular formula is C18H17N5O3S. The molecule has 0 bridgehead atoms. The van der Waals surface area contributed by atoms with Crippen molar-refractivity contribution in [3.05, 3.63) is 72.2 Å². The fraction of sp³-hybridized carbons (Fsp3) is 0.111. The van der Waals surface area contributed by atoms with E-state index in [1.807, 2.05) is 0 Å². The molecule has 0 saturated heterocycles. The number of pyridine rings is 1. The zero-order chi connectivity index (χ0) is 18.9. The summed E-state index contributed by atoms with van der Waals surface area (Å²) in [6, 6.07) is 12.1. The quantitative estimate of drug-likeness (QED) is 0.700. The van der Waals surface area contributed by atoms with Crippen LogP contribution in [0.3, 0.4) is 0 Å². The molecule has 4 rings (SSSR count). The van der Waals surface area contributed by atoms with Gasteiger partial charge in [0, 0.05) is 23.8 Å². The van der Waals surface area contributed by atoms with Gasteiger partial charge in [-0.05, 0) is 48.0 Å². The van der Waals surface area contributed by atoms with Crippen LogP contribution < -0.4 is 15.4 Å². The van der Waals surface area contributed by atoms with Gasteiger partial charge in [-0.25, -0.2) is 13.4 Å². The number of aromatic nitrogens is 1. The second-order valence-electron chi connectivity index (χ2n) is 6.04. The summed E-state index contributed by atoms with van der Waals surface area (Å²) in [4.78, 5) is 9.90. The number of hydrogen-bond acceptors (Lipinski definition) is 7. The van der Waals surface area contributed by atoms with Gasteiger partial charge in [0.15, 0.2) is 0 Å². The van der Waals surface area contributed by atoms with Crippen LogP contribution in [0, 0.1) is 0 Å². The number of nitrogens with two attached hydrogens (primary N) is 1. The monoisotopic (exact) mass is 383 g/mol. The van der Waals surface area contributed by atoms with Crippen molar-refractivity contribution in [3.8, 4) is 0 Å². The van der Waals surface area contributed by atoms with E-state index in [1.54, 1.807) is 72.4 Å². The second-order valence-corrected chi connectivity index (χ2v) is 7.76. The SMILES string of the molecule is NC1c2ccoc2N=CN1c1ccc(NS(=O)(=O)Cc2ccncc2)cc1. The van der Waals surface area contributed by atoms with Crippen molar-refractivity contribution < 1.29 is 12.8 Å². The zero-order valence-electron chi connectivity index (χ0n) is 14.2. The summed E-state index contributed by atoms with van der Waals surface area (Å²) in [5, 5.41) is 0. The highest BCUT2D eigenvalue weighted by Crippen LogP contribution is 2.33. The Hall–Kier alpha value is -3.17. The molecule has 8 nitrogen and oxygen atoms in total. The molecule has 0 radical (unpaired) electrons. The molecule has 1 aliphatic heterocycles. The summed E-state index contributed by atoms with van der Waals surface area (Å²) >= 11 is 0. The smallest absolute Gasteiger partial charge is 0.236 e. The number of rotatable bonds is 5. The van der Waals surface area contributed by atoms with Crippen molar-refractivity contribution >= 4 is 33.6 Å². The molecule has 0 amide bonds. The Labute approximate surface area is 156 Å². The maximum absolute atomic E-state index is 12.3. The van der Waals surface area contributed by atoms with Crippen molar-refractivity contribution in [1.82, 2.24) is 4.98 Å². The number of hydrogen-bond donors (Lipinski definition) is 2. The third-order valence-corrected chi connectivity index (χ3v) is 5.40. The van der Waals surface area contributed by atoms with E-state index in [0.29, 0.717) is 17.1 Å². The molecule has 0 saturated carbocycles. The molecule has 1 aromatic carbocycles. The largest absolute Gasteiger partial charge is 0.446 e. The Morgan fingerprint density at radius 1 is 1.11 bits per heavy atom. The minimum Gasteiger partial charge on any atom is -0.446 e. The van der Waals surface area contributed by atoms with Gasteiger partial charge in [-0.2, -0.15) is 0 Å². The third kappa shape index (κ3) is 3.69. The van der Waals surface area contributed by atoms with Crippen LogP contribution in [0.15, 0.2) is 70.5 Å². The molecule has 3 aromatic rings. The van der Waals surface area contributed by atoms with Crippen LogP contribution in [0.4, 0.5) is 17.3 Å². The molecule has 3 heterocycles. The molecular weight excluding hydrogens is 366 g/mol. The standard InChI is InChI=1S/C18H17N5O3S/c19-17-16-7-10-26-18(16)21-12-23(17)15-3-1-14(2-4-15)22-27(24,25)11-13-5-8-20-9-6-13/h1-10,12,17,22H,11,19H2. The van der Waals surface area contributed by atoms with Crippen LogP contribution in [0.1, 0.15) is 17.3 Å². The predicted molar refractivity (Wildman–Crippen MR) is 103 cm³/mol. The van der Waals surface area contributed by atoms with E-state index in [4.69, 9.17) is 10.2 Å². The van der Waals surface area contributed by atoms with Crippen LogP contribution in [0.5, 0.6) is 0 Å². The molecule has 1 aliphatic rings. The maximum Gasteiger partial charge on any atom is 0.236 e. The van der Waals surface area contributed by atoms with Crippen molar-refractivity contribution in [2.45, 2.75) is 11.9 Å². The number of fused-ring (bicyclic) bond motifs is 1. The molecule has 27 heavy (non-hydrogen) atoms. The van der Waals surface area contributed by atoms with Crippen LogP contribution in [0.25, 0.3) is 0 Å². The van der Waals surface area contributed by atoms with Crippen LogP contribution in [-0.2, 0) is 15.8 Å². The molecule has 0 spiro atoms. The minimum atomic E-state index is -3.52. The number of anilines is 2. The van der Waals surface area contributed by atoms with E-state index in [2.05, 4.69) is 14.7 Å². The number of furan rings is 1. The molecule has 9 heteroatoms. The van der Waals surface area contributed by atoms with Gasteiger partial charge in [-0.15, -0.1) is 0 Å². The summed E-state index contributed by atoms with van der Waals surface area (Å²) in [6.07, 6.45) is 5.85. The van der Waals surface area contributed by atoms with Crippen molar-refractivity contribution in [2.75, 3.05) is 9.62 Å². The molecule has 2 aromatic heterocycles. The molecule has 0 aliphatic carbocycles. The highest BCUT2D eigenvalue weighted by molar-refractivity contribution is 7.91. The normalized spacial score (nSPS) is 16.2. The average molecular weight is 383 g/mol. The van der Waals surface area contributed by atoms with E-state index in [9.17, 15) is 8.42 Å². The lowest BCUT2D eigenvalue weighted by Crippen LogP contribution is -2.35.